The minimum absolute atomic E-state index is 0.282. The highest BCUT2D eigenvalue weighted by atomic mass is 79.9. The van der Waals surface area contributed by atoms with Crippen molar-refractivity contribution in [2.75, 3.05) is 7.11 Å². The fraction of sp³-hybridized carbons (Fsp3) is 0.143. The molecule has 2 aromatic rings. The standard InChI is InChI=1S/C14H10Br2F2O/c1-19-13-5-3-9(17)7-10(13)14(16)8-2-4-12(18)11(15)6-8/h2-7,14H,1H3. The Morgan fingerprint density at radius 1 is 1.11 bits per heavy atom. The van der Waals surface area contributed by atoms with Gasteiger partial charge in [0.2, 0.25) is 0 Å². The molecule has 1 atom stereocenters. The third-order valence-electron chi connectivity index (χ3n) is 2.70. The summed E-state index contributed by atoms with van der Waals surface area (Å²) >= 11 is 6.62. The highest BCUT2D eigenvalue weighted by Crippen LogP contribution is 2.38. The molecular weight excluding hydrogens is 382 g/mol. The summed E-state index contributed by atoms with van der Waals surface area (Å²) in [6, 6.07) is 8.96. The Kier molecular flexibility index (Phi) is 4.58. The Hall–Kier alpha value is -0.940. The summed E-state index contributed by atoms with van der Waals surface area (Å²) in [5.41, 5.74) is 1.46. The molecular formula is C14H10Br2F2O. The van der Waals surface area contributed by atoms with Crippen LogP contribution in [0.15, 0.2) is 40.9 Å². The number of alkyl halides is 1. The van der Waals surface area contributed by atoms with E-state index in [1.54, 1.807) is 18.2 Å². The highest BCUT2D eigenvalue weighted by molar-refractivity contribution is 9.10. The third-order valence-corrected chi connectivity index (χ3v) is 4.33. The van der Waals surface area contributed by atoms with E-state index in [1.165, 1.54) is 25.3 Å². The average molecular weight is 392 g/mol. The van der Waals surface area contributed by atoms with Crippen molar-refractivity contribution >= 4 is 31.9 Å². The zero-order valence-electron chi connectivity index (χ0n) is 9.96. The summed E-state index contributed by atoms with van der Waals surface area (Å²) < 4.78 is 32.2. The van der Waals surface area contributed by atoms with Crippen molar-refractivity contribution in [2.24, 2.45) is 0 Å². The van der Waals surface area contributed by atoms with Crippen LogP contribution in [0, 0.1) is 11.6 Å². The van der Waals surface area contributed by atoms with E-state index in [1.807, 2.05) is 0 Å². The maximum Gasteiger partial charge on any atom is 0.137 e. The summed E-state index contributed by atoms with van der Waals surface area (Å²) in [6.07, 6.45) is 0. The normalized spacial score (nSPS) is 12.3. The molecule has 0 aromatic heterocycles. The largest absolute Gasteiger partial charge is 0.496 e. The van der Waals surface area contributed by atoms with Crippen LogP contribution < -0.4 is 4.74 Å². The topological polar surface area (TPSA) is 9.23 Å². The molecule has 100 valence electrons. The van der Waals surface area contributed by atoms with Gasteiger partial charge in [0.15, 0.2) is 0 Å². The number of rotatable bonds is 3. The molecule has 0 saturated heterocycles. The van der Waals surface area contributed by atoms with Gasteiger partial charge in [-0.25, -0.2) is 8.78 Å². The van der Waals surface area contributed by atoms with Crippen LogP contribution in [0.4, 0.5) is 8.78 Å². The summed E-state index contributed by atoms with van der Waals surface area (Å²) in [5.74, 6) is -0.111. The van der Waals surface area contributed by atoms with Gasteiger partial charge in [0.25, 0.3) is 0 Å². The lowest BCUT2D eigenvalue weighted by Crippen LogP contribution is -1.98. The van der Waals surface area contributed by atoms with Crippen LogP contribution in [-0.4, -0.2) is 7.11 Å². The molecule has 0 N–H and O–H groups in total. The molecule has 0 aliphatic rings. The second-order valence-electron chi connectivity index (χ2n) is 3.92. The van der Waals surface area contributed by atoms with Crippen LogP contribution in [0.1, 0.15) is 16.0 Å². The first kappa shape index (κ1) is 14.5. The number of ether oxygens (including phenoxy) is 1. The lowest BCUT2D eigenvalue weighted by atomic mass is 10.0. The van der Waals surface area contributed by atoms with Crippen molar-refractivity contribution in [3.63, 3.8) is 0 Å². The van der Waals surface area contributed by atoms with Gasteiger partial charge < -0.3 is 4.74 Å². The number of hydrogen-bond acceptors (Lipinski definition) is 1. The molecule has 0 aliphatic carbocycles. The first-order valence-corrected chi connectivity index (χ1v) is 7.16. The van der Waals surface area contributed by atoms with Crippen LogP contribution in [0.25, 0.3) is 0 Å². The molecule has 5 heteroatoms. The summed E-state index contributed by atoms with van der Waals surface area (Å²) in [4.78, 5) is -0.282. The predicted octanol–water partition coefficient (Wildman–Crippen LogP) is 5.22. The van der Waals surface area contributed by atoms with Crippen molar-refractivity contribution in [1.82, 2.24) is 0 Å². The molecule has 1 nitrogen and oxygen atoms in total. The zero-order chi connectivity index (χ0) is 14.0. The molecule has 19 heavy (non-hydrogen) atoms. The van der Waals surface area contributed by atoms with Gasteiger partial charge in [-0.2, -0.15) is 0 Å². The fourth-order valence-electron chi connectivity index (χ4n) is 1.75. The van der Waals surface area contributed by atoms with Crippen molar-refractivity contribution in [3.05, 3.63) is 63.6 Å². The van der Waals surface area contributed by atoms with E-state index in [2.05, 4.69) is 31.9 Å². The number of methoxy groups -OCH3 is 1. The van der Waals surface area contributed by atoms with Gasteiger partial charge >= 0.3 is 0 Å². The Morgan fingerprint density at radius 2 is 1.84 bits per heavy atom. The van der Waals surface area contributed by atoms with Gasteiger partial charge in [-0.3, -0.25) is 0 Å². The molecule has 2 aromatic carbocycles. The van der Waals surface area contributed by atoms with Gasteiger partial charge in [0.1, 0.15) is 17.4 Å². The molecule has 0 heterocycles. The zero-order valence-corrected chi connectivity index (χ0v) is 13.1. The molecule has 1 unspecified atom stereocenters. The molecule has 0 fully saturated rings. The first-order valence-electron chi connectivity index (χ1n) is 5.45. The quantitative estimate of drug-likeness (QED) is 0.651. The van der Waals surface area contributed by atoms with E-state index in [0.717, 1.165) is 5.56 Å². The highest BCUT2D eigenvalue weighted by Gasteiger charge is 2.17. The summed E-state index contributed by atoms with van der Waals surface area (Å²) in [5, 5.41) is 0. The monoisotopic (exact) mass is 390 g/mol. The summed E-state index contributed by atoms with van der Waals surface area (Å²) in [6.45, 7) is 0. The van der Waals surface area contributed by atoms with Crippen LogP contribution in [0.3, 0.4) is 0 Å². The lowest BCUT2D eigenvalue weighted by Gasteiger charge is -2.15. The van der Waals surface area contributed by atoms with Crippen molar-refractivity contribution in [2.45, 2.75) is 4.83 Å². The van der Waals surface area contributed by atoms with E-state index < -0.39 is 0 Å². The Balaban J connectivity index is 2.45. The average Bonchev–Trinajstić information content (AvgIpc) is 2.41. The van der Waals surface area contributed by atoms with Gasteiger partial charge in [-0.15, -0.1) is 0 Å². The Bertz CT molecular complexity index is 602. The van der Waals surface area contributed by atoms with Gasteiger partial charge in [-0.1, -0.05) is 22.0 Å². The van der Waals surface area contributed by atoms with E-state index in [4.69, 9.17) is 4.74 Å². The number of benzene rings is 2. The van der Waals surface area contributed by atoms with E-state index >= 15 is 0 Å². The second kappa shape index (κ2) is 6.01. The van der Waals surface area contributed by atoms with Crippen LogP contribution in [0.2, 0.25) is 0 Å². The SMILES string of the molecule is COc1ccc(F)cc1C(Br)c1ccc(F)c(Br)c1. The Morgan fingerprint density at radius 3 is 2.47 bits per heavy atom. The van der Waals surface area contributed by atoms with E-state index in [-0.39, 0.29) is 16.5 Å². The van der Waals surface area contributed by atoms with Gasteiger partial charge in [-0.05, 0) is 51.8 Å². The lowest BCUT2D eigenvalue weighted by molar-refractivity contribution is 0.409. The molecule has 0 bridgehead atoms. The van der Waals surface area contributed by atoms with Crippen LogP contribution in [0.5, 0.6) is 5.75 Å². The molecule has 0 spiro atoms. The molecule has 0 amide bonds. The van der Waals surface area contributed by atoms with Crippen LogP contribution in [-0.2, 0) is 0 Å². The van der Waals surface area contributed by atoms with Crippen molar-refractivity contribution in [3.8, 4) is 5.75 Å². The number of hydrogen-bond donors (Lipinski definition) is 0. The third kappa shape index (κ3) is 3.15. The van der Waals surface area contributed by atoms with Gasteiger partial charge in [0.05, 0.1) is 16.4 Å². The van der Waals surface area contributed by atoms with E-state index in [0.29, 0.717) is 15.8 Å². The molecule has 2 rings (SSSR count). The van der Waals surface area contributed by atoms with Crippen molar-refractivity contribution < 1.29 is 13.5 Å². The Labute approximate surface area is 126 Å². The smallest absolute Gasteiger partial charge is 0.137 e. The second-order valence-corrected chi connectivity index (χ2v) is 5.69. The maximum absolute atomic E-state index is 13.4. The van der Waals surface area contributed by atoms with Crippen LogP contribution >= 0.6 is 31.9 Å². The summed E-state index contributed by atoms with van der Waals surface area (Å²) in [7, 11) is 1.52. The fourth-order valence-corrected chi connectivity index (χ4v) is 2.79. The minimum atomic E-state index is -0.346. The molecule has 0 saturated carbocycles. The van der Waals surface area contributed by atoms with E-state index in [9.17, 15) is 8.78 Å². The maximum atomic E-state index is 13.4. The number of halogens is 4. The minimum Gasteiger partial charge on any atom is -0.496 e. The predicted molar refractivity (Wildman–Crippen MR) is 77.8 cm³/mol. The van der Waals surface area contributed by atoms with Gasteiger partial charge in [0, 0.05) is 5.56 Å². The molecule has 0 radical (unpaired) electrons. The first-order chi connectivity index (χ1) is 9.02. The van der Waals surface area contributed by atoms with Crippen molar-refractivity contribution in [1.29, 1.82) is 0 Å². The molecule has 0 aliphatic heterocycles.